The standard InChI is InChI=1S/C16H12Cl2O2S/c1-15(11-7-3-2-4-8-11)16(17,21-18)14(19)12-9-5-6-10-13(12)20-15/h2-10H,1H3. The summed E-state index contributed by atoms with van der Waals surface area (Å²) in [6, 6.07) is 16.5. The molecule has 0 aliphatic carbocycles. The van der Waals surface area contributed by atoms with E-state index in [2.05, 4.69) is 0 Å². The highest BCUT2D eigenvalue weighted by Crippen LogP contribution is 2.55. The lowest BCUT2D eigenvalue weighted by Crippen LogP contribution is -2.55. The lowest BCUT2D eigenvalue weighted by molar-refractivity contribution is 0.0458. The lowest BCUT2D eigenvalue weighted by Gasteiger charge is -2.45. The highest BCUT2D eigenvalue weighted by atomic mass is 35.7. The van der Waals surface area contributed by atoms with Crippen LogP contribution in [0.1, 0.15) is 22.8 Å². The molecular weight excluding hydrogens is 327 g/mol. The van der Waals surface area contributed by atoms with Crippen molar-refractivity contribution in [2.45, 2.75) is 16.7 Å². The van der Waals surface area contributed by atoms with Crippen molar-refractivity contribution >= 4 is 39.0 Å². The molecule has 0 saturated heterocycles. The number of fused-ring (bicyclic) bond motifs is 1. The molecule has 2 nitrogen and oxygen atoms in total. The molecule has 1 aliphatic rings. The molecule has 0 amide bonds. The van der Waals surface area contributed by atoms with Gasteiger partial charge in [-0.05, 0) is 46.3 Å². The Kier molecular flexibility index (Phi) is 3.68. The number of halogens is 2. The van der Waals surface area contributed by atoms with Crippen LogP contribution in [0.4, 0.5) is 0 Å². The Morgan fingerprint density at radius 3 is 2.33 bits per heavy atom. The summed E-state index contributed by atoms with van der Waals surface area (Å²) in [7, 11) is 6.79. The fraction of sp³-hybridized carbons (Fsp3) is 0.188. The van der Waals surface area contributed by atoms with Gasteiger partial charge < -0.3 is 4.74 Å². The van der Waals surface area contributed by atoms with Crippen LogP contribution < -0.4 is 4.74 Å². The Balaban J connectivity index is 2.24. The van der Waals surface area contributed by atoms with E-state index in [1.165, 1.54) is 0 Å². The average molecular weight is 339 g/mol. The number of hydrogen-bond acceptors (Lipinski definition) is 3. The van der Waals surface area contributed by atoms with Gasteiger partial charge in [0.2, 0.25) is 9.99 Å². The van der Waals surface area contributed by atoms with Crippen molar-refractivity contribution < 1.29 is 9.53 Å². The van der Waals surface area contributed by atoms with Crippen LogP contribution in [0, 0.1) is 0 Å². The minimum Gasteiger partial charge on any atom is -0.479 e. The molecule has 0 bridgehead atoms. The number of rotatable bonds is 2. The Morgan fingerprint density at radius 2 is 1.67 bits per heavy atom. The van der Waals surface area contributed by atoms with Gasteiger partial charge in [0.05, 0.1) is 5.56 Å². The van der Waals surface area contributed by atoms with Crippen LogP contribution in [0.3, 0.4) is 0 Å². The van der Waals surface area contributed by atoms with E-state index in [1.807, 2.05) is 36.4 Å². The first-order valence-corrected chi connectivity index (χ1v) is 8.42. The Hall–Kier alpha value is -1.16. The van der Waals surface area contributed by atoms with Crippen molar-refractivity contribution in [2.24, 2.45) is 0 Å². The van der Waals surface area contributed by atoms with Crippen molar-refractivity contribution in [3.05, 3.63) is 65.7 Å². The summed E-state index contributed by atoms with van der Waals surface area (Å²) in [6.07, 6.45) is 0. The summed E-state index contributed by atoms with van der Waals surface area (Å²) in [5.41, 5.74) is 0.193. The van der Waals surface area contributed by atoms with Gasteiger partial charge in [-0.25, -0.2) is 0 Å². The fourth-order valence-electron chi connectivity index (χ4n) is 2.53. The smallest absolute Gasteiger partial charge is 0.210 e. The SMILES string of the molecule is CC1(c2ccccc2)Oc2ccccc2C(=O)C1(Cl)SCl. The maximum absolute atomic E-state index is 12.8. The molecule has 21 heavy (non-hydrogen) atoms. The van der Waals surface area contributed by atoms with Crippen molar-refractivity contribution in [3.63, 3.8) is 0 Å². The maximum atomic E-state index is 12.8. The molecule has 0 fully saturated rings. The summed E-state index contributed by atoms with van der Waals surface area (Å²) in [6.45, 7) is 1.79. The molecule has 2 atom stereocenters. The van der Waals surface area contributed by atoms with E-state index in [4.69, 9.17) is 27.0 Å². The number of ether oxygens (including phenoxy) is 1. The van der Waals surface area contributed by atoms with E-state index >= 15 is 0 Å². The summed E-state index contributed by atoms with van der Waals surface area (Å²) in [5.74, 6) is 0.285. The number of carbonyl (C=O) groups is 1. The van der Waals surface area contributed by atoms with Gasteiger partial charge in [-0.15, -0.1) is 0 Å². The van der Waals surface area contributed by atoms with Crippen molar-refractivity contribution in [1.29, 1.82) is 0 Å². The number of alkyl halides is 1. The molecule has 5 heteroatoms. The zero-order chi connectivity index (χ0) is 15.1. The molecule has 0 aromatic heterocycles. The van der Waals surface area contributed by atoms with Crippen LogP contribution in [-0.2, 0) is 5.60 Å². The van der Waals surface area contributed by atoms with E-state index in [9.17, 15) is 4.79 Å². The number of para-hydroxylation sites is 1. The molecule has 2 aromatic rings. The minimum absolute atomic E-state index is 0.239. The Labute approximate surface area is 136 Å². The number of ketones is 1. The quantitative estimate of drug-likeness (QED) is 0.721. The topological polar surface area (TPSA) is 26.3 Å². The van der Waals surface area contributed by atoms with Gasteiger partial charge in [0.1, 0.15) is 5.75 Å². The first-order valence-electron chi connectivity index (χ1n) is 6.40. The molecule has 2 unspecified atom stereocenters. The third-order valence-corrected chi connectivity index (χ3v) is 6.26. The van der Waals surface area contributed by atoms with Crippen LogP contribution in [0.2, 0.25) is 0 Å². The highest BCUT2D eigenvalue weighted by molar-refractivity contribution is 8.23. The predicted molar refractivity (Wildman–Crippen MR) is 87.2 cm³/mol. The van der Waals surface area contributed by atoms with E-state index in [-0.39, 0.29) is 5.78 Å². The maximum Gasteiger partial charge on any atom is 0.210 e. The van der Waals surface area contributed by atoms with Gasteiger partial charge in [-0.2, -0.15) is 0 Å². The average Bonchev–Trinajstić information content (AvgIpc) is 2.53. The van der Waals surface area contributed by atoms with Gasteiger partial charge in [0.15, 0.2) is 5.60 Å². The highest BCUT2D eigenvalue weighted by Gasteiger charge is 2.60. The second-order valence-corrected chi connectivity index (χ2v) is 7.02. The number of Topliss-reactive ketones (excluding diaryl/α,β-unsaturated/α-hetero) is 1. The molecule has 1 heterocycles. The molecule has 108 valence electrons. The zero-order valence-corrected chi connectivity index (χ0v) is 13.5. The van der Waals surface area contributed by atoms with Crippen molar-refractivity contribution in [2.75, 3.05) is 0 Å². The number of hydrogen-bond donors (Lipinski definition) is 0. The second kappa shape index (κ2) is 5.24. The van der Waals surface area contributed by atoms with Crippen LogP contribution in [0.25, 0.3) is 0 Å². The minimum atomic E-state index is -1.43. The van der Waals surface area contributed by atoms with E-state index in [0.29, 0.717) is 11.3 Å². The summed E-state index contributed by atoms with van der Waals surface area (Å²) in [4.78, 5) is 12.8. The van der Waals surface area contributed by atoms with Gasteiger partial charge >= 0.3 is 0 Å². The third-order valence-electron chi connectivity index (χ3n) is 3.78. The summed E-state index contributed by atoms with van der Waals surface area (Å²) >= 11 is 6.64. The monoisotopic (exact) mass is 338 g/mol. The van der Waals surface area contributed by atoms with Gasteiger partial charge in [0.25, 0.3) is 0 Å². The van der Waals surface area contributed by atoms with Gasteiger partial charge in [-0.3, -0.25) is 4.79 Å². The molecule has 0 radical (unpaired) electrons. The van der Waals surface area contributed by atoms with Crippen LogP contribution in [-0.4, -0.2) is 9.99 Å². The first kappa shape index (κ1) is 14.8. The summed E-state index contributed by atoms with van der Waals surface area (Å²) < 4.78 is 4.70. The molecule has 0 spiro atoms. The Bertz CT molecular complexity index is 692. The number of benzene rings is 2. The van der Waals surface area contributed by atoms with Crippen molar-refractivity contribution in [3.8, 4) is 5.75 Å². The second-order valence-electron chi connectivity index (χ2n) is 5.00. The van der Waals surface area contributed by atoms with E-state index in [0.717, 1.165) is 16.5 Å². The molecule has 0 N–H and O–H groups in total. The normalized spacial score (nSPS) is 27.9. The zero-order valence-electron chi connectivity index (χ0n) is 11.2. The van der Waals surface area contributed by atoms with Gasteiger partial charge in [0, 0.05) is 0 Å². The molecule has 2 aromatic carbocycles. The van der Waals surface area contributed by atoms with Crippen LogP contribution in [0.15, 0.2) is 54.6 Å². The predicted octanol–water partition coefficient (Wildman–Crippen LogP) is 5.00. The van der Waals surface area contributed by atoms with Crippen molar-refractivity contribution in [1.82, 2.24) is 0 Å². The van der Waals surface area contributed by atoms with Crippen LogP contribution >= 0.6 is 33.3 Å². The fourth-order valence-corrected chi connectivity index (χ4v) is 3.92. The molecule has 1 aliphatic heterocycles. The largest absolute Gasteiger partial charge is 0.479 e. The van der Waals surface area contributed by atoms with E-state index in [1.54, 1.807) is 25.1 Å². The first-order chi connectivity index (χ1) is 10.0. The molecule has 0 saturated carbocycles. The Morgan fingerprint density at radius 1 is 1.05 bits per heavy atom. The van der Waals surface area contributed by atoms with Gasteiger partial charge in [-0.1, -0.05) is 54.1 Å². The molecular formula is C16H12Cl2O2S. The third kappa shape index (κ3) is 2.07. The van der Waals surface area contributed by atoms with E-state index < -0.39 is 9.81 Å². The van der Waals surface area contributed by atoms with Crippen LogP contribution in [0.5, 0.6) is 5.75 Å². The molecule has 3 rings (SSSR count). The number of carbonyl (C=O) groups excluding carboxylic acids is 1. The lowest BCUT2D eigenvalue weighted by atomic mass is 9.84. The summed E-state index contributed by atoms with van der Waals surface area (Å²) in [5, 5.41) is 0.